The van der Waals surface area contributed by atoms with Crippen LogP contribution in [0.5, 0.6) is 23.0 Å². The Hall–Kier alpha value is -6.44. The minimum atomic E-state index is -1.67. The molecule has 0 spiro atoms. The summed E-state index contributed by atoms with van der Waals surface area (Å²) in [4.78, 5) is 61.8. The van der Waals surface area contributed by atoms with E-state index in [-0.39, 0.29) is 37.3 Å². The second-order valence-corrected chi connectivity index (χ2v) is 12.9. The Balaban J connectivity index is 1.52. The molecule has 0 bridgehead atoms. The molecule has 0 radical (unpaired) electrons. The van der Waals surface area contributed by atoms with Gasteiger partial charge in [-0.3, -0.25) is 19.6 Å². The van der Waals surface area contributed by atoms with E-state index >= 15 is 9.59 Å². The van der Waals surface area contributed by atoms with E-state index in [1.165, 1.54) is 52.7 Å². The molecule has 266 valence electrons. The summed E-state index contributed by atoms with van der Waals surface area (Å²) in [5.41, 5.74) is 0.177. The van der Waals surface area contributed by atoms with Gasteiger partial charge in [0.25, 0.3) is 0 Å². The third-order valence-electron chi connectivity index (χ3n) is 10.9. The first-order chi connectivity index (χ1) is 25.1. The van der Waals surface area contributed by atoms with Gasteiger partial charge in [-0.25, -0.2) is 19.2 Å². The molecule has 2 N–H and O–H groups in total. The van der Waals surface area contributed by atoms with Gasteiger partial charge in [-0.1, -0.05) is 24.3 Å². The lowest BCUT2D eigenvalue weighted by molar-refractivity contribution is -0.0795. The van der Waals surface area contributed by atoms with Crippen molar-refractivity contribution in [1.82, 2.24) is 19.6 Å². The van der Waals surface area contributed by atoms with Crippen molar-refractivity contribution >= 4 is 24.0 Å². The number of benzene rings is 4. The summed E-state index contributed by atoms with van der Waals surface area (Å²) in [5, 5.41) is 19.7. The molecule has 8 rings (SSSR count). The van der Waals surface area contributed by atoms with Gasteiger partial charge in [0.05, 0.1) is 65.7 Å². The highest BCUT2D eigenvalue weighted by atomic mass is 16.5. The molecule has 4 amide bonds. The average Bonchev–Trinajstić information content (AvgIpc) is 3.31. The lowest BCUT2D eigenvalue weighted by Crippen LogP contribution is -2.62. The zero-order chi connectivity index (χ0) is 36.7. The van der Waals surface area contributed by atoms with Crippen LogP contribution in [0.2, 0.25) is 0 Å². The molecule has 52 heavy (non-hydrogen) atoms. The maximum atomic E-state index is 15.5. The molecule has 0 atom stereocenters. The van der Waals surface area contributed by atoms with Crippen molar-refractivity contribution in [1.29, 1.82) is 0 Å². The van der Waals surface area contributed by atoms with E-state index in [1.807, 2.05) is 0 Å². The van der Waals surface area contributed by atoms with Crippen LogP contribution in [-0.2, 0) is 37.5 Å². The lowest BCUT2D eigenvalue weighted by Gasteiger charge is -2.49. The zero-order valence-electron chi connectivity index (χ0n) is 28.7. The highest BCUT2D eigenvalue weighted by Crippen LogP contribution is 2.66. The number of hydrogen-bond donors (Lipinski definition) is 2. The molecule has 2 saturated heterocycles. The number of methoxy groups -OCH3 is 4. The van der Waals surface area contributed by atoms with Gasteiger partial charge in [0.2, 0.25) is 0 Å². The van der Waals surface area contributed by atoms with E-state index in [1.54, 1.807) is 68.1 Å². The fourth-order valence-corrected chi connectivity index (χ4v) is 8.72. The van der Waals surface area contributed by atoms with Crippen molar-refractivity contribution in [3.63, 3.8) is 0 Å². The minimum absolute atomic E-state index is 0.0183. The van der Waals surface area contributed by atoms with Crippen molar-refractivity contribution in [2.75, 3.05) is 28.4 Å². The van der Waals surface area contributed by atoms with E-state index in [0.717, 1.165) is 0 Å². The average molecular weight is 707 g/mol. The maximum Gasteiger partial charge on any atom is 0.335 e. The largest absolute Gasteiger partial charge is 0.496 e. The summed E-state index contributed by atoms with van der Waals surface area (Å²) in [7, 11) is 6.12. The molecule has 4 aliphatic heterocycles. The van der Waals surface area contributed by atoms with E-state index in [2.05, 4.69) is 0 Å². The molecule has 2 fully saturated rings. The highest BCUT2D eigenvalue weighted by molar-refractivity contribution is 5.92. The van der Waals surface area contributed by atoms with Crippen LogP contribution < -0.4 is 18.9 Å². The molecule has 14 heteroatoms. The molecule has 4 aromatic carbocycles. The topological polar surface area (TPSA) is 159 Å². The molecule has 0 aliphatic carbocycles. The fourth-order valence-electron chi connectivity index (χ4n) is 8.72. The summed E-state index contributed by atoms with van der Waals surface area (Å²) in [6.07, 6.45) is 0. The number of aromatic carboxylic acids is 2. The summed E-state index contributed by atoms with van der Waals surface area (Å²) < 4.78 is 23.3. The summed E-state index contributed by atoms with van der Waals surface area (Å²) in [6, 6.07) is 18.5. The van der Waals surface area contributed by atoms with E-state index in [4.69, 9.17) is 18.9 Å². The number of hydrogen-bond acceptors (Lipinski definition) is 8. The van der Waals surface area contributed by atoms with E-state index in [0.29, 0.717) is 56.4 Å². The number of amides is 4. The van der Waals surface area contributed by atoms with Crippen molar-refractivity contribution in [2.45, 2.75) is 37.5 Å². The van der Waals surface area contributed by atoms with Crippen LogP contribution in [0.15, 0.2) is 72.8 Å². The van der Waals surface area contributed by atoms with Crippen LogP contribution in [0.1, 0.15) is 54.1 Å². The van der Waals surface area contributed by atoms with Gasteiger partial charge in [-0.15, -0.1) is 0 Å². The maximum absolute atomic E-state index is 15.5. The van der Waals surface area contributed by atoms with Gasteiger partial charge in [-0.05, 0) is 48.5 Å². The number of ether oxygens (including phenoxy) is 4. The normalized spacial score (nSPS) is 21.2. The van der Waals surface area contributed by atoms with Crippen LogP contribution in [0.3, 0.4) is 0 Å². The zero-order valence-corrected chi connectivity index (χ0v) is 28.7. The van der Waals surface area contributed by atoms with E-state index in [9.17, 15) is 19.8 Å². The highest BCUT2D eigenvalue weighted by Gasteiger charge is 2.81. The second kappa shape index (κ2) is 11.5. The Morgan fingerprint density at radius 2 is 0.731 bits per heavy atom. The molecule has 4 heterocycles. The molecule has 0 unspecified atom stereocenters. The predicted octanol–water partition coefficient (Wildman–Crippen LogP) is 5.03. The van der Waals surface area contributed by atoms with Crippen molar-refractivity contribution in [3.8, 4) is 23.0 Å². The summed E-state index contributed by atoms with van der Waals surface area (Å²) in [5.74, 6) is -0.317. The third-order valence-corrected chi connectivity index (χ3v) is 10.9. The quantitative estimate of drug-likeness (QED) is 0.255. The number of fused-ring (bicyclic) bond motifs is 2. The van der Waals surface area contributed by atoms with Gasteiger partial charge in [0.1, 0.15) is 23.0 Å². The summed E-state index contributed by atoms with van der Waals surface area (Å²) >= 11 is 0. The first kappa shape index (κ1) is 32.7. The Bertz CT molecular complexity index is 1940. The molecule has 14 nitrogen and oxygen atoms in total. The standard InChI is InChI=1S/C38H34N4O10/c1-49-29-13-14-30(50-2)26-18-40-36(48)42-20-28-27(31(51-3)15-16-32(28)52-4)19-41-35(47)39(17-25(26)29)37(40,23-9-5-21(6-10-23)33(43)44)38(41,42)24-11-7-22(8-12-24)34(45)46/h5-16H,17-20H2,1-4H3,(H,43,44)(H,45,46). The number of carboxylic acid groups (broad SMARTS) is 2. The molecule has 4 aliphatic rings. The molecule has 4 aromatic rings. The van der Waals surface area contributed by atoms with Crippen LogP contribution in [0.25, 0.3) is 0 Å². The molecule has 0 saturated carbocycles. The molecule has 0 aromatic heterocycles. The smallest absolute Gasteiger partial charge is 0.335 e. The minimum Gasteiger partial charge on any atom is -0.496 e. The van der Waals surface area contributed by atoms with Crippen LogP contribution in [0.4, 0.5) is 9.59 Å². The number of carbonyl (C=O) groups excluding carboxylic acids is 2. The monoisotopic (exact) mass is 706 g/mol. The Morgan fingerprint density at radius 3 is 0.942 bits per heavy atom. The second-order valence-electron chi connectivity index (χ2n) is 12.9. The Kier molecular flexibility index (Phi) is 7.27. The van der Waals surface area contributed by atoms with Crippen LogP contribution in [0, 0.1) is 0 Å². The number of carboxylic acids is 2. The van der Waals surface area contributed by atoms with Gasteiger partial charge < -0.3 is 29.2 Å². The first-order valence-electron chi connectivity index (χ1n) is 16.4. The summed E-state index contributed by atoms with van der Waals surface area (Å²) in [6.45, 7) is -0.110. The van der Waals surface area contributed by atoms with Crippen molar-refractivity contribution < 1.29 is 48.3 Å². The number of urea groups is 2. The van der Waals surface area contributed by atoms with Gasteiger partial charge in [-0.2, -0.15) is 0 Å². The van der Waals surface area contributed by atoms with Crippen molar-refractivity contribution in [3.05, 3.63) is 117 Å². The van der Waals surface area contributed by atoms with Crippen LogP contribution >= 0.6 is 0 Å². The first-order valence-corrected chi connectivity index (χ1v) is 16.4. The van der Waals surface area contributed by atoms with Gasteiger partial charge >= 0.3 is 24.0 Å². The van der Waals surface area contributed by atoms with E-state index < -0.39 is 35.3 Å². The lowest BCUT2D eigenvalue weighted by atomic mass is 9.79. The van der Waals surface area contributed by atoms with Crippen molar-refractivity contribution in [2.24, 2.45) is 0 Å². The predicted molar refractivity (Wildman–Crippen MR) is 182 cm³/mol. The van der Waals surface area contributed by atoms with Gasteiger partial charge in [0.15, 0.2) is 11.3 Å². The SMILES string of the molecule is COc1ccc(OC)c2c1CN1C(=O)N3Cc4c(OC)ccc(OC)c4CN4C(=O)N(C2)C1(c1ccc(C(=O)O)cc1)C34c1ccc(C(=O)O)cc1. The number of nitrogens with zero attached hydrogens (tertiary/aromatic N) is 4. The number of rotatable bonds is 8. The molecular weight excluding hydrogens is 672 g/mol. The fraction of sp³-hybridized carbons (Fsp3) is 0.263. The van der Waals surface area contributed by atoms with Gasteiger partial charge in [0, 0.05) is 33.4 Å². The number of carbonyl (C=O) groups is 4. The Morgan fingerprint density at radius 1 is 0.481 bits per heavy atom. The third kappa shape index (κ3) is 3.99. The molecular formula is C38H34N4O10. The Labute approximate surface area is 297 Å². The van der Waals surface area contributed by atoms with Crippen LogP contribution in [-0.4, -0.2) is 82.3 Å².